The first-order chi connectivity index (χ1) is 15.9. The van der Waals surface area contributed by atoms with Gasteiger partial charge in [0.15, 0.2) is 0 Å². The lowest BCUT2D eigenvalue weighted by Gasteiger charge is -2.50. The fourth-order valence-corrected chi connectivity index (χ4v) is 6.06. The van der Waals surface area contributed by atoms with Crippen molar-refractivity contribution in [3.63, 3.8) is 0 Å². The second-order valence-corrected chi connectivity index (χ2v) is 10.3. The lowest BCUT2D eigenvalue weighted by Crippen LogP contribution is -2.54. The third kappa shape index (κ3) is 3.82. The molecule has 0 aliphatic carbocycles. The summed E-state index contributed by atoms with van der Waals surface area (Å²) in [5, 5.41) is 5.38. The molecule has 1 spiro atoms. The summed E-state index contributed by atoms with van der Waals surface area (Å²) in [6, 6.07) is 25.0. The highest BCUT2D eigenvalue weighted by Crippen LogP contribution is 2.49. The van der Waals surface area contributed by atoms with Gasteiger partial charge in [-0.3, -0.25) is 9.59 Å². The molecule has 0 bridgehead atoms. The van der Waals surface area contributed by atoms with Crippen molar-refractivity contribution in [3.05, 3.63) is 83.9 Å². The van der Waals surface area contributed by atoms with Gasteiger partial charge in [-0.1, -0.05) is 72.8 Å². The average Bonchev–Trinajstić information content (AvgIpc) is 2.84. The van der Waals surface area contributed by atoms with E-state index in [2.05, 4.69) is 53.8 Å². The lowest BCUT2D eigenvalue weighted by molar-refractivity contribution is -0.140. The van der Waals surface area contributed by atoms with E-state index in [9.17, 15) is 9.59 Å². The molecule has 1 N–H and O–H groups in total. The van der Waals surface area contributed by atoms with Crippen LogP contribution in [-0.2, 0) is 15.0 Å². The highest BCUT2D eigenvalue weighted by atomic mass is 16.2. The Balaban J connectivity index is 1.38. The van der Waals surface area contributed by atoms with Crippen LogP contribution in [0.4, 0.5) is 0 Å². The molecule has 2 aliphatic rings. The molecule has 4 heteroatoms. The fraction of sp³-hybridized carbons (Fsp3) is 0.379. The Morgan fingerprint density at radius 3 is 2.36 bits per heavy atom. The first-order valence-corrected chi connectivity index (χ1v) is 12.0. The Hall–Kier alpha value is -3.14. The van der Waals surface area contributed by atoms with Gasteiger partial charge in [-0.15, -0.1) is 0 Å². The van der Waals surface area contributed by atoms with E-state index < -0.39 is 5.41 Å². The van der Waals surface area contributed by atoms with Gasteiger partial charge in [0.1, 0.15) is 0 Å². The van der Waals surface area contributed by atoms with Crippen LogP contribution >= 0.6 is 0 Å². The van der Waals surface area contributed by atoms with Gasteiger partial charge in [0.05, 0.1) is 5.41 Å². The molecule has 170 valence electrons. The highest BCUT2D eigenvalue weighted by molar-refractivity contribution is 5.95. The number of piperidine rings is 2. The number of likely N-dealkylation sites (tertiary alicyclic amines) is 1. The van der Waals surface area contributed by atoms with Crippen molar-refractivity contribution in [2.45, 2.75) is 44.4 Å². The topological polar surface area (TPSA) is 49.4 Å². The number of hydrogen-bond acceptors (Lipinski definition) is 2. The van der Waals surface area contributed by atoms with Crippen molar-refractivity contribution in [2.75, 3.05) is 19.6 Å². The maximum atomic E-state index is 13.8. The van der Waals surface area contributed by atoms with Gasteiger partial charge in [-0.2, -0.15) is 0 Å². The monoisotopic (exact) mass is 440 g/mol. The third-order valence-corrected chi connectivity index (χ3v) is 8.00. The van der Waals surface area contributed by atoms with Crippen LogP contribution in [0, 0.1) is 5.41 Å². The molecule has 5 rings (SSSR count). The first-order valence-electron chi connectivity index (χ1n) is 12.0. The molecular weight excluding hydrogens is 408 g/mol. The van der Waals surface area contributed by atoms with E-state index >= 15 is 0 Å². The zero-order valence-electron chi connectivity index (χ0n) is 19.5. The second kappa shape index (κ2) is 8.33. The van der Waals surface area contributed by atoms with Crippen LogP contribution in [0.5, 0.6) is 0 Å². The van der Waals surface area contributed by atoms with Gasteiger partial charge in [-0.25, -0.2) is 0 Å². The van der Waals surface area contributed by atoms with Crippen LogP contribution in [-0.4, -0.2) is 36.3 Å². The van der Waals surface area contributed by atoms with Crippen LogP contribution in [0.15, 0.2) is 72.8 Å². The summed E-state index contributed by atoms with van der Waals surface area (Å²) in [6.45, 7) is 6.16. The summed E-state index contributed by atoms with van der Waals surface area (Å²) in [5.74, 6) is 0.600. The van der Waals surface area contributed by atoms with Crippen LogP contribution in [0.2, 0.25) is 0 Å². The summed E-state index contributed by atoms with van der Waals surface area (Å²) in [7, 11) is 0. The number of fused-ring (bicyclic) bond motifs is 1. The molecule has 0 radical (unpaired) electrons. The van der Waals surface area contributed by atoms with Gasteiger partial charge in [-0.05, 0) is 54.0 Å². The first kappa shape index (κ1) is 21.7. The standard InChI is InChI=1S/C29H32N2O2/c1-28(2,24-14-8-12-21-9-6-7-13-23(21)24)27(33)31-17-15-29(16-18-31)19-26(32)30-20-25(29)22-10-4-3-5-11-22/h3-14,25H,15-20H2,1-2H3,(H,30,32)/t25-/m0/s1. The Kier molecular flexibility index (Phi) is 5.48. The molecule has 0 unspecified atom stereocenters. The highest BCUT2D eigenvalue weighted by Gasteiger charge is 2.48. The minimum absolute atomic E-state index is 0.0793. The molecule has 2 heterocycles. The number of nitrogens with zero attached hydrogens (tertiary/aromatic N) is 1. The molecule has 3 aromatic rings. The SMILES string of the molecule is CC(C)(C(=O)N1CCC2(CC1)CC(=O)NC[C@H]2c1ccccc1)c1cccc2ccccc12. The van der Waals surface area contributed by atoms with Gasteiger partial charge in [0, 0.05) is 32.0 Å². The number of rotatable bonds is 3. The molecule has 2 aliphatic heterocycles. The summed E-state index contributed by atoms with van der Waals surface area (Å²) < 4.78 is 0. The van der Waals surface area contributed by atoms with E-state index in [-0.39, 0.29) is 17.2 Å². The van der Waals surface area contributed by atoms with Crippen molar-refractivity contribution >= 4 is 22.6 Å². The molecule has 2 saturated heterocycles. The molecule has 0 saturated carbocycles. The molecule has 4 nitrogen and oxygen atoms in total. The number of amides is 2. The van der Waals surface area contributed by atoms with E-state index in [1.54, 1.807) is 0 Å². The fourth-order valence-electron chi connectivity index (χ4n) is 6.06. The van der Waals surface area contributed by atoms with E-state index in [1.165, 1.54) is 5.56 Å². The maximum absolute atomic E-state index is 13.8. The van der Waals surface area contributed by atoms with Crippen molar-refractivity contribution in [3.8, 4) is 0 Å². The normalized spacial score (nSPS) is 20.6. The van der Waals surface area contributed by atoms with E-state index in [4.69, 9.17) is 0 Å². The van der Waals surface area contributed by atoms with Crippen molar-refractivity contribution in [2.24, 2.45) is 5.41 Å². The number of hydrogen-bond donors (Lipinski definition) is 1. The number of carbonyl (C=O) groups excluding carboxylic acids is 2. The molecular formula is C29H32N2O2. The molecule has 1 atom stereocenters. The Labute approximate surface area is 196 Å². The minimum atomic E-state index is -0.617. The summed E-state index contributed by atoms with van der Waals surface area (Å²) in [6.07, 6.45) is 2.26. The zero-order chi connectivity index (χ0) is 23.1. The van der Waals surface area contributed by atoms with Gasteiger partial charge >= 0.3 is 0 Å². The largest absolute Gasteiger partial charge is 0.355 e. The molecule has 3 aromatic carbocycles. The van der Waals surface area contributed by atoms with E-state index in [1.807, 2.05) is 43.0 Å². The Morgan fingerprint density at radius 2 is 1.61 bits per heavy atom. The predicted molar refractivity (Wildman–Crippen MR) is 132 cm³/mol. The summed E-state index contributed by atoms with van der Waals surface area (Å²) in [5.41, 5.74) is 1.66. The van der Waals surface area contributed by atoms with E-state index in [0.717, 1.165) is 29.2 Å². The summed E-state index contributed by atoms with van der Waals surface area (Å²) in [4.78, 5) is 28.2. The third-order valence-electron chi connectivity index (χ3n) is 8.00. The molecule has 33 heavy (non-hydrogen) atoms. The molecule has 0 aromatic heterocycles. The molecule has 2 fully saturated rings. The Bertz CT molecular complexity index is 1170. The number of benzene rings is 3. The van der Waals surface area contributed by atoms with Crippen LogP contribution in [0.3, 0.4) is 0 Å². The zero-order valence-corrected chi connectivity index (χ0v) is 19.5. The lowest BCUT2D eigenvalue weighted by atomic mass is 9.62. The maximum Gasteiger partial charge on any atom is 0.232 e. The van der Waals surface area contributed by atoms with Crippen LogP contribution in [0.25, 0.3) is 10.8 Å². The van der Waals surface area contributed by atoms with Gasteiger partial charge in [0.25, 0.3) is 0 Å². The second-order valence-electron chi connectivity index (χ2n) is 10.3. The van der Waals surface area contributed by atoms with Gasteiger partial charge in [0.2, 0.25) is 11.8 Å². The molecule has 2 amide bonds. The Morgan fingerprint density at radius 1 is 0.939 bits per heavy atom. The average molecular weight is 441 g/mol. The predicted octanol–water partition coefficient (Wildman–Crippen LogP) is 5.03. The van der Waals surface area contributed by atoms with Gasteiger partial charge < -0.3 is 10.2 Å². The number of nitrogens with one attached hydrogen (secondary N) is 1. The number of carbonyl (C=O) groups is 2. The van der Waals surface area contributed by atoms with Crippen molar-refractivity contribution in [1.29, 1.82) is 0 Å². The van der Waals surface area contributed by atoms with E-state index in [0.29, 0.717) is 32.0 Å². The van der Waals surface area contributed by atoms with Crippen molar-refractivity contribution in [1.82, 2.24) is 10.2 Å². The summed E-state index contributed by atoms with van der Waals surface area (Å²) >= 11 is 0. The van der Waals surface area contributed by atoms with Crippen LogP contribution in [0.1, 0.15) is 50.2 Å². The van der Waals surface area contributed by atoms with Crippen molar-refractivity contribution < 1.29 is 9.59 Å². The quantitative estimate of drug-likeness (QED) is 0.621. The van der Waals surface area contributed by atoms with Crippen LogP contribution < -0.4 is 5.32 Å². The minimum Gasteiger partial charge on any atom is -0.355 e. The smallest absolute Gasteiger partial charge is 0.232 e.